The summed E-state index contributed by atoms with van der Waals surface area (Å²) in [6.45, 7) is 16.4. The maximum absolute atomic E-state index is 12.4. The summed E-state index contributed by atoms with van der Waals surface area (Å²) in [5.74, 6) is 0.436. The Balaban J connectivity index is 1.47. The van der Waals surface area contributed by atoms with Crippen LogP contribution in [0.25, 0.3) is 16.6 Å². The van der Waals surface area contributed by atoms with E-state index < -0.39 is 0 Å². The number of amides is 2. The van der Waals surface area contributed by atoms with Crippen LogP contribution < -0.4 is 16.0 Å². The molecule has 1 unspecified atom stereocenters. The van der Waals surface area contributed by atoms with E-state index >= 15 is 0 Å². The van der Waals surface area contributed by atoms with Crippen molar-refractivity contribution in [1.82, 2.24) is 24.7 Å². The Hall–Kier alpha value is -3.10. The third-order valence-corrected chi connectivity index (χ3v) is 7.27. The van der Waals surface area contributed by atoms with Crippen molar-refractivity contribution in [3.8, 4) is 11.1 Å². The summed E-state index contributed by atoms with van der Waals surface area (Å²) < 4.78 is 1.96. The minimum Gasteiger partial charge on any atom is -0.366 e. The van der Waals surface area contributed by atoms with Gasteiger partial charge in [0.15, 0.2) is 0 Å². The number of nitrogens with one attached hydrogen (secondary N) is 1. The quantitative estimate of drug-likeness (QED) is 0.459. The smallest absolute Gasteiger partial charge is 0.317 e. The van der Waals surface area contributed by atoms with Crippen LogP contribution in [0.3, 0.4) is 0 Å². The first kappa shape index (κ1) is 26.9. The van der Waals surface area contributed by atoms with Gasteiger partial charge in [0, 0.05) is 75.9 Å². The van der Waals surface area contributed by atoms with Gasteiger partial charge in [-0.2, -0.15) is 5.10 Å². The van der Waals surface area contributed by atoms with Crippen molar-refractivity contribution in [3.05, 3.63) is 54.4 Å². The molecule has 0 radical (unpaired) electrons. The standard InChI is InChI=1S/C29H43N7O/c1-21(2)32-29(37)34-16-14-33(15-17-34)27-10-12-31-36-20-26(18-28(27)36)25-8-6-24(7-9-25)23(5)19-35(13-11-30)22(3)4/h6-10,12,18,20-23H,11,13-17,19,30H2,1-5H3,(H,32,37). The molecular weight excluding hydrogens is 462 g/mol. The number of anilines is 1. The first-order chi connectivity index (χ1) is 17.8. The van der Waals surface area contributed by atoms with Crippen LogP contribution >= 0.6 is 0 Å². The van der Waals surface area contributed by atoms with Crippen LogP contribution in [0, 0.1) is 0 Å². The average Bonchev–Trinajstić information content (AvgIpc) is 3.33. The van der Waals surface area contributed by atoms with Gasteiger partial charge in [-0.05, 0) is 56.9 Å². The van der Waals surface area contributed by atoms with Crippen molar-refractivity contribution in [1.29, 1.82) is 0 Å². The van der Waals surface area contributed by atoms with Crippen LogP contribution in [0.5, 0.6) is 0 Å². The van der Waals surface area contributed by atoms with Crippen molar-refractivity contribution in [3.63, 3.8) is 0 Å². The number of aromatic nitrogens is 2. The second kappa shape index (κ2) is 12.0. The molecule has 0 bridgehead atoms. The van der Waals surface area contributed by atoms with Gasteiger partial charge in [-0.25, -0.2) is 9.31 Å². The van der Waals surface area contributed by atoms with Crippen LogP contribution in [0.4, 0.5) is 10.5 Å². The Morgan fingerprint density at radius 2 is 1.73 bits per heavy atom. The number of rotatable bonds is 9. The largest absolute Gasteiger partial charge is 0.366 e. The van der Waals surface area contributed by atoms with E-state index in [1.807, 2.05) is 29.5 Å². The van der Waals surface area contributed by atoms with Gasteiger partial charge in [0.05, 0.1) is 11.2 Å². The molecule has 4 rings (SSSR count). The molecule has 2 aromatic heterocycles. The zero-order chi connectivity index (χ0) is 26.5. The second-order valence-corrected chi connectivity index (χ2v) is 10.8. The van der Waals surface area contributed by atoms with Crippen LogP contribution in [-0.2, 0) is 0 Å². The number of benzene rings is 1. The molecule has 1 atom stereocenters. The lowest BCUT2D eigenvalue weighted by Gasteiger charge is -2.36. The number of carbonyl (C=O) groups is 1. The first-order valence-electron chi connectivity index (χ1n) is 13.6. The molecule has 37 heavy (non-hydrogen) atoms. The molecule has 1 saturated heterocycles. The highest BCUT2D eigenvalue weighted by atomic mass is 16.2. The summed E-state index contributed by atoms with van der Waals surface area (Å²) in [5, 5.41) is 7.57. The summed E-state index contributed by atoms with van der Waals surface area (Å²) in [5.41, 5.74) is 11.7. The minimum absolute atomic E-state index is 0.0218. The maximum atomic E-state index is 12.4. The SMILES string of the molecule is CC(C)NC(=O)N1CCN(c2ccnn3cc(-c4ccc(C(C)CN(CCN)C(C)C)cc4)cc23)CC1. The van der Waals surface area contributed by atoms with Gasteiger partial charge in [0.25, 0.3) is 0 Å². The lowest BCUT2D eigenvalue weighted by atomic mass is 9.97. The molecule has 200 valence electrons. The number of hydrogen-bond donors (Lipinski definition) is 2. The molecule has 3 N–H and O–H groups in total. The van der Waals surface area contributed by atoms with E-state index in [9.17, 15) is 4.79 Å². The Morgan fingerprint density at radius 3 is 2.35 bits per heavy atom. The maximum Gasteiger partial charge on any atom is 0.317 e. The number of urea groups is 1. The highest BCUT2D eigenvalue weighted by Gasteiger charge is 2.23. The third kappa shape index (κ3) is 6.43. The predicted molar refractivity (Wildman–Crippen MR) is 152 cm³/mol. The van der Waals surface area contributed by atoms with Gasteiger partial charge in [-0.15, -0.1) is 0 Å². The van der Waals surface area contributed by atoms with Gasteiger partial charge in [0.2, 0.25) is 0 Å². The molecule has 0 spiro atoms. The summed E-state index contributed by atoms with van der Waals surface area (Å²) in [6, 6.07) is 13.9. The molecular formula is C29H43N7O. The lowest BCUT2D eigenvalue weighted by Crippen LogP contribution is -2.53. The van der Waals surface area contributed by atoms with Gasteiger partial charge in [-0.3, -0.25) is 4.90 Å². The van der Waals surface area contributed by atoms with E-state index in [2.05, 4.69) is 83.6 Å². The number of fused-ring (bicyclic) bond motifs is 1. The number of carbonyl (C=O) groups excluding carboxylic acids is 1. The molecule has 2 amide bonds. The highest BCUT2D eigenvalue weighted by molar-refractivity contribution is 5.80. The Kier molecular flexibility index (Phi) is 8.71. The number of nitrogens with two attached hydrogens (primary N) is 1. The molecule has 0 aliphatic carbocycles. The summed E-state index contributed by atoms with van der Waals surface area (Å²) in [6.07, 6.45) is 3.96. The van der Waals surface area contributed by atoms with Crippen molar-refractivity contribution >= 4 is 17.2 Å². The average molecular weight is 506 g/mol. The Morgan fingerprint density at radius 1 is 1.03 bits per heavy atom. The topological polar surface area (TPSA) is 82.1 Å². The van der Waals surface area contributed by atoms with Gasteiger partial charge < -0.3 is 20.9 Å². The number of hydrogen-bond acceptors (Lipinski definition) is 5. The molecule has 8 heteroatoms. The highest BCUT2D eigenvalue weighted by Crippen LogP contribution is 2.30. The second-order valence-electron chi connectivity index (χ2n) is 10.8. The third-order valence-electron chi connectivity index (χ3n) is 7.27. The fraction of sp³-hybridized carbons (Fsp3) is 0.517. The van der Waals surface area contributed by atoms with Gasteiger partial charge >= 0.3 is 6.03 Å². The fourth-order valence-electron chi connectivity index (χ4n) is 5.10. The molecule has 1 fully saturated rings. The van der Waals surface area contributed by atoms with Crippen molar-refractivity contribution in [2.45, 2.75) is 52.6 Å². The molecule has 1 aliphatic heterocycles. The van der Waals surface area contributed by atoms with E-state index in [4.69, 9.17) is 5.73 Å². The molecule has 3 aromatic rings. The van der Waals surface area contributed by atoms with E-state index in [-0.39, 0.29) is 12.1 Å². The summed E-state index contributed by atoms with van der Waals surface area (Å²) in [7, 11) is 0. The zero-order valence-corrected chi connectivity index (χ0v) is 23.0. The number of nitrogens with zero attached hydrogens (tertiary/aromatic N) is 5. The Bertz CT molecular complexity index is 1160. The minimum atomic E-state index is 0.0218. The normalized spacial score (nSPS) is 15.3. The molecule has 0 saturated carbocycles. The molecule has 1 aromatic carbocycles. The van der Waals surface area contributed by atoms with Gasteiger partial charge in [0.1, 0.15) is 0 Å². The van der Waals surface area contributed by atoms with E-state index in [1.165, 1.54) is 11.1 Å². The summed E-state index contributed by atoms with van der Waals surface area (Å²) in [4.78, 5) is 19.1. The van der Waals surface area contributed by atoms with E-state index in [0.717, 1.165) is 42.9 Å². The monoisotopic (exact) mass is 505 g/mol. The van der Waals surface area contributed by atoms with E-state index in [1.54, 1.807) is 0 Å². The van der Waals surface area contributed by atoms with Crippen LogP contribution in [0.1, 0.15) is 46.1 Å². The fourth-order valence-corrected chi connectivity index (χ4v) is 5.10. The predicted octanol–water partition coefficient (Wildman–Crippen LogP) is 4.01. The zero-order valence-electron chi connectivity index (χ0n) is 23.0. The van der Waals surface area contributed by atoms with Crippen molar-refractivity contribution in [2.75, 3.05) is 50.7 Å². The van der Waals surface area contributed by atoms with Crippen LogP contribution in [0.15, 0.2) is 48.8 Å². The van der Waals surface area contributed by atoms with Crippen LogP contribution in [-0.4, -0.2) is 83.3 Å². The Labute approximate surface area is 221 Å². The van der Waals surface area contributed by atoms with Crippen molar-refractivity contribution in [2.24, 2.45) is 5.73 Å². The number of piperazine rings is 1. The lowest BCUT2D eigenvalue weighted by molar-refractivity contribution is 0.192. The molecule has 3 heterocycles. The summed E-state index contributed by atoms with van der Waals surface area (Å²) >= 11 is 0. The van der Waals surface area contributed by atoms with Crippen molar-refractivity contribution < 1.29 is 4.79 Å². The van der Waals surface area contributed by atoms with Crippen LogP contribution in [0.2, 0.25) is 0 Å². The molecule has 8 nitrogen and oxygen atoms in total. The van der Waals surface area contributed by atoms with E-state index in [0.29, 0.717) is 31.6 Å². The first-order valence-corrected chi connectivity index (χ1v) is 13.6. The van der Waals surface area contributed by atoms with Gasteiger partial charge in [-0.1, -0.05) is 31.2 Å². The molecule has 1 aliphatic rings.